The van der Waals surface area contributed by atoms with Crippen molar-refractivity contribution in [2.75, 3.05) is 6.54 Å². The van der Waals surface area contributed by atoms with Gasteiger partial charge in [0.15, 0.2) is 0 Å². The summed E-state index contributed by atoms with van der Waals surface area (Å²) in [4.78, 5) is 0. The van der Waals surface area contributed by atoms with E-state index >= 15 is 0 Å². The van der Waals surface area contributed by atoms with E-state index in [2.05, 4.69) is 5.32 Å². The van der Waals surface area contributed by atoms with E-state index in [0.29, 0.717) is 0 Å². The lowest BCUT2D eigenvalue weighted by atomic mass is 10.4. The van der Waals surface area contributed by atoms with Crippen LogP contribution in [0.3, 0.4) is 0 Å². The van der Waals surface area contributed by atoms with Gasteiger partial charge in [0.05, 0.1) is 6.26 Å². The SMILES string of the molecule is C1=C\O/C=C\NCC/1. The van der Waals surface area contributed by atoms with Crippen molar-refractivity contribution < 1.29 is 4.74 Å². The Morgan fingerprint density at radius 1 is 1.38 bits per heavy atom. The first kappa shape index (κ1) is 5.22. The molecule has 0 aromatic heterocycles. The predicted octanol–water partition coefficient (Wildman–Crippen LogP) is 0.981. The van der Waals surface area contributed by atoms with Crippen LogP contribution in [0.1, 0.15) is 6.42 Å². The quantitative estimate of drug-likeness (QED) is 0.503. The molecule has 44 valence electrons. The molecule has 1 heterocycles. The summed E-state index contributed by atoms with van der Waals surface area (Å²) < 4.78 is 4.85. The molecule has 0 saturated carbocycles. The molecule has 1 aliphatic heterocycles. The van der Waals surface area contributed by atoms with E-state index in [9.17, 15) is 0 Å². The van der Waals surface area contributed by atoms with Gasteiger partial charge in [-0.15, -0.1) is 0 Å². The second-order valence-corrected chi connectivity index (χ2v) is 1.55. The van der Waals surface area contributed by atoms with Gasteiger partial charge >= 0.3 is 0 Å². The van der Waals surface area contributed by atoms with Gasteiger partial charge in [-0.05, 0) is 12.5 Å². The average molecular weight is 111 g/mol. The van der Waals surface area contributed by atoms with E-state index < -0.39 is 0 Å². The Bertz CT molecular complexity index is 95.1. The van der Waals surface area contributed by atoms with Gasteiger partial charge in [-0.25, -0.2) is 0 Å². The van der Waals surface area contributed by atoms with E-state index in [1.165, 1.54) is 0 Å². The molecule has 0 saturated heterocycles. The molecule has 1 N–H and O–H groups in total. The standard InChI is InChI=1S/C6H9NO/c1-2-5-8-6-4-7-3-1/h2,4-7H,1,3H2/b5-2-,6-4-. The minimum atomic E-state index is 0.996. The molecule has 2 nitrogen and oxygen atoms in total. The van der Waals surface area contributed by atoms with Crippen LogP contribution < -0.4 is 5.32 Å². The van der Waals surface area contributed by atoms with E-state index in [1.54, 1.807) is 18.7 Å². The van der Waals surface area contributed by atoms with Gasteiger partial charge in [-0.3, -0.25) is 0 Å². The fraction of sp³-hybridized carbons (Fsp3) is 0.333. The second kappa shape index (κ2) is 3.13. The first-order valence-electron chi connectivity index (χ1n) is 2.69. The lowest BCUT2D eigenvalue weighted by molar-refractivity contribution is 0.394. The van der Waals surface area contributed by atoms with Crippen molar-refractivity contribution in [3.63, 3.8) is 0 Å². The van der Waals surface area contributed by atoms with Crippen molar-refractivity contribution >= 4 is 0 Å². The van der Waals surface area contributed by atoms with Crippen LogP contribution in [0.2, 0.25) is 0 Å². The Morgan fingerprint density at radius 2 is 2.38 bits per heavy atom. The highest BCUT2D eigenvalue weighted by molar-refractivity contribution is 4.83. The maximum Gasteiger partial charge on any atom is 0.106 e. The monoisotopic (exact) mass is 111 g/mol. The molecule has 0 spiro atoms. The van der Waals surface area contributed by atoms with Crippen LogP contribution in [0.25, 0.3) is 0 Å². The van der Waals surface area contributed by atoms with Crippen molar-refractivity contribution in [2.45, 2.75) is 6.42 Å². The predicted molar refractivity (Wildman–Crippen MR) is 32.0 cm³/mol. The van der Waals surface area contributed by atoms with Crippen molar-refractivity contribution in [3.8, 4) is 0 Å². The van der Waals surface area contributed by atoms with Gasteiger partial charge in [0.25, 0.3) is 0 Å². The molecule has 2 heteroatoms. The Morgan fingerprint density at radius 3 is 3.38 bits per heavy atom. The minimum absolute atomic E-state index is 0.996. The van der Waals surface area contributed by atoms with Gasteiger partial charge < -0.3 is 10.1 Å². The molecular formula is C6H9NO. The highest BCUT2D eigenvalue weighted by atomic mass is 16.5. The Hall–Kier alpha value is -0.920. The molecule has 0 unspecified atom stereocenters. The van der Waals surface area contributed by atoms with E-state index in [4.69, 9.17) is 4.74 Å². The zero-order valence-electron chi connectivity index (χ0n) is 4.63. The topological polar surface area (TPSA) is 21.3 Å². The van der Waals surface area contributed by atoms with E-state index in [1.807, 2.05) is 6.08 Å². The van der Waals surface area contributed by atoms with Gasteiger partial charge in [0.2, 0.25) is 0 Å². The maximum absolute atomic E-state index is 4.85. The Labute approximate surface area is 48.8 Å². The van der Waals surface area contributed by atoms with Crippen LogP contribution in [0.4, 0.5) is 0 Å². The fourth-order valence-electron chi connectivity index (χ4n) is 0.506. The number of ether oxygens (including phenoxy) is 1. The Balaban J connectivity index is 2.31. The lowest BCUT2D eigenvalue weighted by Crippen LogP contribution is -2.06. The van der Waals surface area contributed by atoms with Gasteiger partial charge in [-0.2, -0.15) is 0 Å². The first-order chi connectivity index (χ1) is 4.00. The molecule has 0 fully saturated rings. The van der Waals surface area contributed by atoms with E-state index in [-0.39, 0.29) is 0 Å². The van der Waals surface area contributed by atoms with Gasteiger partial charge in [-0.1, -0.05) is 0 Å². The summed E-state index contributed by atoms with van der Waals surface area (Å²) in [7, 11) is 0. The molecule has 1 rings (SSSR count). The third-order valence-electron chi connectivity index (χ3n) is 0.895. The third kappa shape index (κ3) is 1.69. The molecule has 1 aliphatic rings. The van der Waals surface area contributed by atoms with Gasteiger partial charge in [0, 0.05) is 12.7 Å². The van der Waals surface area contributed by atoms with Crippen LogP contribution in [-0.4, -0.2) is 6.54 Å². The van der Waals surface area contributed by atoms with Crippen LogP contribution in [0, 0.1) is 0 Å². The first-order valence-corrected chi connectivity index (χ1v) is 2.69. The molecule has 0 aromatic rings. The van der Waals surface area contributed by atoms with E-state index in [0.717, 1.165) is 13.0 Å². The summed E-state index contributed by atoms with van der Waals surface area (Å²) in [6.45, 7) is 0.996. The van der Waals surface area contributed by atoms with Crippen LogP contribution in [-0.2, 0) is 4.74 Å². The highest BCUT2D eigenvalue weighted by Gasteiger charge is 1.80. The van der Waals surface area contributed by atoms with Crippen molar-refractivity contribution in [2.24, 2.45) is 0 Å². The summed E-state index contributed by atoms with van der Waals surface area (Å²) >= 11 is 0. The molecule has 0 bridgehead atoms. The number of hydrogen-bond acceptors (Lipinski definition) is 2. The lowest BCUT2D eigenvalue weighted by Gasteiger charge is -1.98. The minimum Gasteiger partial charge on any atom is -0.471 e. The molecule has 0 atom stereocenters. The molecule has 0 amide bonds. The highest BCUT2D eigenvalue weighted by Crippen LogP contribution is 1.86. The summed E-state index contributed by atoms with van der Waals surface area (Å²) in [6.07, 6.45) is 8.12. The molecular weight excluding hydrogens is 102 g/mol. The molecule has 0 radical (unpaired) electrons. The Kier molecular flexibility index (Phi) is 2.04. The van der Waals surface area contributed by atoms with Crippen molar-refractivity contribution in [1.82, 2.24) is 5.32 Å². The van der Waals surface area contributed by atoms with Crippen LogP contribution in [0.15, 0.2) is 24.8 Å². The summed E-state index contributed by atoms with van der Waals surface area (Å²) in [5.74, 6) is 0. The van der Waals surface area contributed by atoms with Crippen molar-refractivity contribution in [1.29, 1.82) is 0 Å². The maximum atomic E-state index is 4.85. The zero-order valence-corrected chi connectivity index (χ0v) is 4.63. The summed E-state index contributed by atoms with van der Waals surface area (Å²) in [6, 6.07) is 0. The zero-order chi connectivity index (χ0) is 5.66. The second-order valence-electron chi connectivity index (χ2n) is 1.55. The normalized spacial score (nSPS) is 26.0. The summed E-state index contributed by atoms with van der Waals surface area (Å²) in [5.41, 5.74) is 0. The van der Waals surface area contributed by atoms with Crippen LogP contribution >= 0.6 is 0 Å². The summed E-state index contributed by atoms with van der Waals surface area (Å²) in [5, 5.41) is 3.03. The molecule has 8 heavy (non-hydrogen) atoms. The van der Waals surface area contributed by atoms with Crippen molar-refractivity contribution in [3.05, 3.63) is 24.8 Å². The van der Waals surface area contributed by atoms with Crippen LogP contribution in [0.5, 0.6) is 0 Å². The number of hydrogen-bond donors (Lipinski definition) is 1. The molecule has 0 aromatic carbocycles. The average Bonchev–Trinajstić information content (AvgIpc) is 1.62. The molecule has 0 aliphatic carbocycles. The smallest absolute Gasteiger partial charge is 0.106 e. The third-order valence-corrected chi connectivity index (χ3v) is 0.895. The number of rotatable bonds is 0. The van der Waals surface area contributed by atoms with Gasteiger partial charge in [0.1, 0.15) is 6.26 Å². The number of nitrogens with one attached hydrogen (secondary N) is 1. The largest absolute Gasteiger partial charge is 0.471 e. The fourth-order valence-corrected chi connectivity index (χ4v) is 0.506.